The number of nitrogens with one attached hydrogen (secondary N) is 1. The Labute approximate surface area is 93.8 Å². The molecule has 0 spiro atoms. The van der Waals surface area contributed by atoms with Gasteiger partial charge in [-0.05, 0) is 46.0 Å². The molecule has 0 aromatic rings. The zero-order valence-corrected chi connectivity index (χ0v) is 10.4. The molecule has 1 atom stereocenters. The van der Waals surface area contributed by atoms with Gasteiger partial charge in [0.25, 0.3) is 0 Å². The van der Waals surface area contributed by atoms with E-state index in [1.165, 1.54) is 32.1 Å². The van der Waals surface area contributed by atoms with E-state index in [2.05, 4.69) is 26.1 Å². The zero-order chi connectivity index (χ0) is 10.9. The van der Waals surface area contributed by atoms with Gasteiger partial charge in [-0.3, -0.25) is 0 Å². The Morgan fingerprint density at radius 3 is 2.40 bits per heavy atom. The van der Waals surface area contributed by atoms with Crippen LogP contribution < -0.4 is 5.32 Å². The van der Waals surface area contributed by atoms with Gasteiger partial charge in [-0.25, -0.2) is 0 Å². The summed E-state index contributed by atoms with van der Waals surface area (Å²) in [6.07, 6.45) is 6.44. The van der Waals surface area contributed by atoms with Crippen LogP contribution in [0.5, 0.6) is 0 Å². The second-order valence-electron chi connectivity index (χ2n) is 5.93. The molecule has 0 aromatic heterocycles. The topological polar surface area (TPSA) is 21.3 Å². The second kappa shape index (κ2) is 4.06. The first-order valence-electron chi connectivity index (χ1n) is 6.45. The molecule has 0 aromatic carbocycles. The van der Waals surface area contributed by atoms with Crippen LogP contribution in [0, 0.1) is 5.41 Å². The lowest BCUT2D eigenvalue weighted by Gasteiger charge is -2.52. The summed E-state index contributed by atoms with van der Waals surface area (Å²) in [7, 11) is 0. The molecule has 1 N–H and O–H groups in total. The fraction of sp³-hybridized carbons (Fsp3) is 1.00. The highest BCUT2D eigenvalue weighted by atomic mass is 16.5. The van der Waals surface area contributed by atoms with Crippen LogP contribution in [0.25, 0.3) is 0 Å². The zero-order valence-electron chi connectivity index (χ0n) is 10.4. The van der Waals surface area contributed by atoms with Gasteiger partial charge >= 0.3 is 0 Å². The fourth-order valence-electron chi connectivity index (χ4n) is 2.69. The van der Waals surface area contributed by atoms with Gasteiger partial charge in [0, 0.05) is 18.0 Å². The lowest BCUT2D eigenvalue weighted by Crippen LogP contribution is -2.53. The lowest BCUT2D eigenvalue weighted by molar-refractivity contribution is -0.172. The summed E-state index contributed by atoms with van der Waals surface area (Å²) in [6, 6.07) is 0.648. The van der Waals surface area contributed by atoms with E-state index in [1.807, 2.05) is 0 Å². The second-order valence-corrected chi connectivity index (χ2v) is 5.93. The highest BCUT2D eigenvalue weighted by Gasteiger charge is 2.46. The van der Waals surface area contributed by atoms with Gasteiger partial charge in [-0.2, -0.15) is 0 Å². The van der Waals surface area contributed by atoms with E-state index < -0.39 is 0 Å². The smallest absolute Gasteiger partial charge is 0.0655 e. The molecular weight excluding hydrogens is 186 g/mol. The summed E-state index contributed by atoms with van der Waals surface area (Å²) in [4.78, 5) is 0. The van der Waals surface area contributed by atoms with Crippen LogP contribution in [0.1, 0.15) is 52.9 Å². The standard InChI is InChI=1S/C13H25NO/c1-4-11(2)14-9-13-7-5-12(3,6-8-13)15-10-13/h11,14H,4-10H2,1-3H3. The minimum atomic E-state index is 0.220. The van der Waals surface area contributed by atoms with E-state index in [-0.39, 0.29) is 5.60 Å². The van der Waals surface area contributed by atoms with Crippen molar-refractivity contribution in [2.45, 2.75) is 64.5 Å². The van der Waals surface area contributed by atoms with Gasteiger partial charge in [0.2, 0.25) is 0 Å². The Balaban J connectivity index is 1.87. The summed E-state index contributed by atoms with van der Waals surface area (Å²) in [5.41, 5.74) is 0.680. The van der Waals surface area contributed by atoms with Gasteiger partial charge in [-0.15, -0.1) is 0 Å². The first kappa shape index (κ1) is 11.4. The molecule has 15 heavy (non-hydrogen) atoms. The molecule has 2 heterocycles. The molecule has 2 heteroatoms. The fourth-order valence-corrected chi connectivity index (χ4v) is 2.69. The molecule has 1 saturated carbocycles. The summed E-state index contributed by atoms with van der Waals surface area (Å²) in [5.74, 6) is 0. The molecule has 3 aliphatic rings. The van der Waals surface area contributed by atoms with Gasteiger partial charge in [0.1, 0.15) is 0 Å². The van der Waals surface area contributed by atoms with Crippen LogP contribution in [-0.2, 0) is 4.74 Å². The quantitative estimate of drug-likeness (QED) is 0.772. The largest absolute Gasteiger partial charge is 0.375 e. The van der Waals surface area contributed by atoms with Crippen molar-refractivity contribution in [3.63, 3.8) is 0 Å². The summed E-state index contributed by atoms with van der Waals surface area (Å²) >= 11 is 0. The maximum atomic E-state index is 5.99. The van der Waals surface area contributed by atoms with E-state index in [9.17, 15) is 0 Å². The van der Waals surface area contributed by atoms with Crippen molar-refractivity contribution < 1.29 is 4.74 Å². The van der Waals surface area contributed by atoms with Crippen LogP contribution in [0.15, 0.2) is 0 Å². The number of fused-ring (bicyclic) bond motifs is 3. The predicted molar refractivity (Wildman–Crippen MR) is 63.0 cm³/mol. The van der Waals surface area contributed by atoms with Crippen LogP contribution in [0.2, 0.25) is 0 Å². The van der Waals surface area contributed by atoms with Gasteiger partial charge < -0.3 is 10.1 Å². The Bertz CT molecular complexity index is 202. The Kier molecular flexibility index (Phi) is 3.09. The average Bonchev–Trinajstić information content (AvgIpc) is 2.28. The molecule has 2 bridgehead atoms. The van der Waals surface area contributed by atoms with Crippen molar-refractivity contribution in [2.75, 3.05) is 13.2 Å². The summed E-state index contributed by atoms with van der Waals surface area (Å²) in [6.45, 7) is 8.92. The Morgan fingerprint density at radius 1 is 1.27 bits per heavy atom. The van der Waals surface area contributed by atoms with Crippen LogP contribution in [-0.4, -0.2) is 24.8 Å². The maximum Gasteiger partial charge on any atom is 0.0655 e. The monoisotopic (exact) mass is 211 g/mol. The molecule has 3 rings (SSSR count). The molecule has 2 saturated heterocycles. The van der Waals surface area contributed by atoms with E-state index >= 15 is 0 Å². The average molecular weight is 211 g/mol. The minimum absolute atomic E-state index is 0.220. The van der Waals surface area contributed by atoms with Gasteiger partial charge in [-0.1, -0.05) is 6.92 Å². The SMILES string of the molecule is CCC(C)NCC12CCC(C)(CC1)OC2. The van der Waals surface area contributed by atoms with Crippen molar-refractivity contribution in [1.29, 1.82) is 0 Å². The van der Waals surface area contributed by atoms with Gasteiger partial charge in [0.15, 0.2) is 0 Å². The highest BCUT2D eigenvalue weighted by Crippen LogP contribution is 2.48. The molecule has 3 fully saturated rings. The van der Waals surface area contributed by atoms with Crippen molar-refractivity contribution >= 4 is 0 Å². The van der Waals surface area contributed by atoms with Gasteiger partial charge in [0.05, 0.1) is 12.2 Å². The third-order valence-electron chi connectivity index (χ3n) is 4.53. The molecule has 0 radical (unpaired) electrons. The van der Waals surface area contributed by atoms with E-state index in [4.69, 9.17) is 4.74 Å². The van der Waals surface area contributed by atoms with E-state index in [1.54, 1.807) is 0 Å². The predicted octanol–water partition coefficient (Wildman–Crippen LogP) is 2.72. The number of ether oxygens (including phenoxy) is 1. The molecule has 1 aliphatic carbocycles. The van der Waals surface area contributed by atoms with Crippen molar-refractivity contribution in [2.24, 2.45) is 5.41 Å². The van der Waals surface area contributed by atoms with E-state index in [0.29, 0.717) is 11.5 Å². The molecular formula is C13H25NO. The molecule has 0 amide bonds. The summed E-state index contributed by atoms with van der Waals surface area (Å²) < 4.78 is 5.99. The summed E-state index contributed by atoms with van der Waals surface area (Å²) in [5, 5.41) is 3.65. The van der Waals surface area contributed by atoms with Crippen LogP contribution >= 0.6 is 0 Å². The Morgan fingerprint density at radius 2 is 1.93 bits per heavy atom. The van der Waals surface area contributed by atoms with Crippen molar-refractivity contribution in [1.82, 2.24) is 5.32 Å². The van der Waals surface area contributed by atoms with Crippen LogP contribution in [0.4, 0.5) is 0 Å². The number of hydrogen-bond acceptors (Lipinski definition) is 2. The molecule has 2 aliphatic heterocycles. The maximum absolute atomic E-state index is 5.99. The van der Waals surface area contributed by atoms with Crippen molar-refractivity contribution in [3.8, 4) is 0 Å². The third kappa shape index (κ3) is 2.36. The Hall–Kier alpha value is -0.0800. The third-order valence-corrected chi connectivity index (χ3v) is 4.53. The first-order chi connectivity index (χ1) is 7.08. The normalized spacial score (nSPS) is 41.8. The lowest BCUT2D eigenvalue weighted by atomic mass is 9.66. The number of rotatable bonds is 4. The molecule has 88 valence electrons. The number of hydrogen-bond donors (Lipinski definition) is 1. The van der Waals surface area contributed by atoms with E-state index in [0.717, 1.165) is 13.2 Å². The highest BCUT2D eigenvalue weighted by molar-refractivity contribution is 4.98. The minimum Gasteiger partial charge on any atom is -0.375 e. The molecule has 2 nitrogen and oxygen atoms in total. The molecule has 1 unspecified atom stereocenters. The first-order valence-corrected chi connectivity index (χ1v) is 6.45. The van der Waals surface area contributed by atoms with Crippen molar-refractivity contribution in [3.05, 3.63) is 0 Å². The van der Waals surface area contributed by atoms with Crippen LogP contribution in [0.3, 0.4) is 0 Å².